The molecule has 0 radical (unpaired) electrons. The molecule has 0 aliphatic rings. The molecule has 0 fully saturated rings. The molecule has 0 unspecified atom stereocenters. The molecule has 0 aliphatic carbocycles. The molecule has 7 nitrogen and oxygen atoms in total. The lowest BCUT2D eigenvalue weighted by Gasteiger charge is -2.07. The van der Waals surface area contributed by atoms with E-state index in [2.05, 4.69) is 0 Å². The van der Waals surface area contributed by atoms with Gasteiger partial charge < -0.3 is 4.74 Å². The highest BCUT2D eigenvalue weighted by molar-refractivity contribution is 5.93. The van der Waals surface area contributed by atoms with Crippen LogP contribution in [-0.2, 0) is 6.61 Å². The summed E-state index contributed by atoms with van der Waals surface area (Å²) in [4.78, 5) is 21.6. The molecule has 0 atom stereocenters. The third-order valence-corrected chi connectivity index (χ3v) is 2.80. The van der Waals surface area contributed by atoms with Crippen LogP contribution in [-0.4, -0.2) is 10.8 Å². The maximum atomic E-state index is 11.3. The van der Waals surface area contributed by atoms with Crippen LogP contribution in [0, 0.1) is 10.1 Å². The van der Waals surface area contributed by atoms with Crippen LogP contribution >= 0.6 is 0 Å². The smallest absolute Gasteiger partial charge is 0.310 e. The minimum Gasteiger partial charge on any atom is -0.482 e. The third kappa shape index (κ3) is 3.54. The molecule has 1 amide bonds. The Morgan fingerprint density at radius 3 is 2.48 bits per heavy atom. The number of nitrogens with one attached hydrogen (secondary N) is 1. The van der Waals surface area contributed by atoms with E-state index in [1.807, 2.05) is 5.43 Å². The first-order valence-corrected chi connectivity index (χ1v) is 6.08. The molecule has 7 heteroatoms. The number of nitro groups is 1. The van der Waals surface area contributed by atoms with Gasteiger partial charge in [-0.25, -0.2) is 5.84 Å². The van der Waals surface area contributed by atoms with Crippen LogP contribution in [0.1, 0.15) is 15.9 Å². The zero-order valence-corrected chi connectivity index (χ0v) is 11.0. The fourth-order valence-electron chi connectivity index (χ4n) is 1.73. The van der Waals surface area contributed by atoms with E-state index in [-0.39, 0.29) is 24.0 Å². The Balaban J connectivity index is 2.07. The van der Waals surface area contributed by atoms with Crippen LogP contribution in [0.2, 0.25) is 0 Å². The molecule has 0 aromatic heterocycles. The number of benzene rings is 2. The predicted molar refractivity (Wildman–Crippen MR) is 75.5 cm³/mol. The van der Waals surface area contributed by atoms with Crippen LogP contribution < -0.4 is 16.0 Å². The Bertz CT molecular complexity index is 656. The number of amides is 1. The van der Waals surface area contributed by atoms with Crippen molar-refractivity contribution in [2.24, 2.45) is 5.84 Å². The zero-order chi connectivity index (χ0) is 15.2. The predicted octanol–water partition coefficient (Wildman–Crippen LogP) is 1.78. The zero-order valence-electron chi connectivity index (χ0n) is 11.0. The first-order valence-electron chi connectivity index (χ1n) is 6.08. The minimum atomic E-state index is -0.496. The number of nitro benzene ring substituents is 1. The highest BCUT2D eigenvalue weighted by atomic mass is 16.6. The molecule has 0 aliphatic heterocycles. The number of hydrogen-bond donors (Lipinski definition) is 2. The summed E-state index contributed by atoms with van der Waals surface area (Å²) in [6.07, 6.45) is 0. The number of nitrogen functional groups attached to an aromatic ring is 1. The molecule has 0 saturated heterocycles. The Morgan fingerprint density at radius 1 is 1.19 bits per heavy atom. The number of para-hydroxylation sites is 2. The molecule has 3 N–H and O–H groups in total. The van der Waals surface area contributed by atoms with Crippen molar-refractivity contribution in [1.29, 1.82) is 0 Å². The number of nitrogens with two attached hydrogens (primary N) is 1. The Morgan fingerprint density at radius 2 is 1.86 bits per heavy atom. The SMILES string of the molecule is NNC(=O)c1ccc(COc2ccccc2[N+](=O)[O-])cc1. The van der Waals surface area contributed by atoms with Gasteiger partial charge in [0.25, 0.3) is 5.91 Å². The molecular formula is C14H13N3O4. The molecule has 21 heavy (non-hydrogen) atoms. The molecule has 0 bridgehead atoms. The van der Waals surface area contributed by atoms with Crippen molar-refractivity contribution >= 4 is 11.6 Å². The normalized spacial score (nSPS) is 9.95. The summed E-state index contributed by atoms with van der Waals surface area (Å²) in [5.41, 5.74) is 3.15. The minimum absolute atomic E-state index is 0.0865. The Kier molecular flexibility index (Phi) is 4.47. The first-order chi connectivity index (χ1) is 10.1. The van der Waals surface area contributed by atoms with Gasteiger partial charge in [-0.1, -0.05) is 24.3 Å². The topological polar surface area (TPSA) is 107 Å². The Hall–Kier alpha value is -2.93. The lowest BCUT2D eigenvalue weighted by atomic mass is 10.1. The summed E-state index contributed by atoms with van der Waals surface area (Å²) in [7, 11) is 0. The van der Waals surface area contributed by atoms with Gasteiger partial charge in [-0.15, -0.1) is 0 Å². The number of hydrogen-bond acceptors (Lipinski definition) is 5. The van der Waals surface area contributed by atoms with Gasteiger partial charge in [0.2, 0.25) is 0 Å². The second-order valence-electron chi connectivity index (χ2n) is 4.18. The maximum absolute atomic E-state index is 11.3. The second-order valence-corrected chi connectivity index (χ2v) is 4.18. The summed E-state index contributed by atoms with van der Waals surface area (Å²) < 4.78 is 5.44. The number of nitrogens with zero attached hydrogens (tertiary/aromatic N) is 1. The van der Waals surface area contributed by atoms with E-state index < -0.39 is 4.92 Å². The number of hydrazine groups is 1. The van der Waals surface area contributed by atoms with E-state index in [0.29, 0.717) is 5.56 Å². The van der Waals surface area contributed by atoms with Gasteiger partial charge in [-0.05, 0) is 23.8 Å². The van der Waals surface area contributed by atoms with Gasteiger partial charge in [0.15, 0.2) is 5.75 Å². The highest BCUT2D eigenvalue weighted by Gasteiger charge is 2.13. The molecule has 108 valence electrons. The summed E-state index contributed by atoms with van der Waals surface area (Å²) in [5, 5.41) is 10.9. The molecule has 2 aromatic carbocycles. The number of rotatable bonds is 5. The average Bonchev–Trinajstić information content (AvgIpc) is 2.52. The maximum Gasteiger partial charge on any atom is 0.310 e. The van der Waals surface area contributed by atoms with Crippen LogP contribution in [0.4, 0.5) is 5.69 Å². The summed E-state index contributed by atoms with van der Waals surface area (Å²) in [6, 6.07) is 12.7. The Labute approximate surface area is 120 Å². The summed E-state index contributed by atoms with van der Waals surface area (Å²) >= 11 is 0. The fraction of sp³-hybridized carbons (Fsp3) is 0.0714. The molecule has 0 heterocycles. The van der Waals surface area contributed by atoms with Crippen LogP contribution in [0.3, 0.4) is 0 Å². The van der Waals surface area contributed by atoms with Crippen molar-refractivity contribution in [1.82, 2.24) is 5.43 Å². The van der Waals surface area contributed by atoms with Gasteiger partial charge in [0.1, 0.15) is 6.61 Å². The van der Waals surface area contributed by atoms with E-state index >= 15 is 0 Å². The average molecular weight is 287 g/mol. The van der Waals surface area contributed by atoms with Gasteiger partial charge in [0, 0.05) is 11.6 Å². The van der Waals surface area contributed by atoms with Gasteiger partial charge in [0.05, 0.1) is 4.92 Å². The van der Waals surface area contributed by atoms with Crippen molar-refractivity contribution in [3.8, 4) is 5.75 Å². The van der Waals surface area contributed by atoms with Crippen molar-refractivity contribution in [3.05, 3.63) is 69.8 Å². The van der Waals surface area contributed by atoms with Crippen LogP contribution in [0.25, 0.3) is 0 Å². The highest BCUT2D eigenvalue weighted by Crippen LogP contribution is 2.26. The molecule has 2 aromatic rings. The van der Waals surface area contributed by atoms with Gasteiger partial charge >= 0.3 is 5.69 Å². The van der Waals surface area contributed by atoms with Gasteiger partial charge in [-0.2, -0.15) is 0 Å². The molecular weight excluding hydrogens is 274 g/mol. The quantitative estimate of drug-likeness (QED) is 0.377. The third-order valence-electron chi connectivity index (χ3n) is 2.80. The van der Waals surface area contributed by atoms with Crippen molar-refractivity contribution < 1.29 is 14.5 Å². The van der Waals surface area contributed by atoms with Crippen molar-refractivity contribution in [3.63, 3.8) is 0 Å². The molecule has 0 saturated carbocycles. The van der Waals surface area contributed by atoms with Gasteiger partial charge in [-0.3, -0.25) is 20.3 Å². The molecule has 0 spiro atoms. The largest absolute Gasteiger partial charge is 0.482 e. The second kappa shape index (κ2) is 6.49. The number of carbonyl (C=O) groups is 1. The lowest BCUT2D eigenvalue weighted by molar-refractivity contribution is -0.385. The van der Waals surface area contributed by atoms with Crippen molar-refractivity contribution in [2.45, 2.75) is 6.61 Å². The van der Waals surface area contributed by atoms with Crippen LogP contribution in [0.5, 0.6) is 5.75 Å². The fourth-order valence-corrected chi connectivity index (χ4v) is 1.73. The standard InChI is InChI=1S/C14H13N3O4/c15-16-14(18)11-7-5-10(6-8-11)9-21-13-4-2-1-3-12(13)17(19)20/h1-8H,9,15H2,(H,16,18). The number of ether oxygens (including phenoxy) is 1. The molecule has 2 rings (SSSR count). The monoisotopic (exact) mass is 287 g/mol. The summed E-state index contributed by atoms with van der Waals surface area (Å²) in [5.74, 6) is 4.85. The first kappa shape index (κ1) is 14.5. The van der Waals surface area contributed by atoms with E-state index in [9.17, 15) is 14.9 Å². The van der Waals surface area contributed by atoms with Crippen LogP contribution in [0.15, 0.2) is 48.5 Å². The van der Waals surface area contributed by atoms with E-state index in [1.165, 1.54) is 12.1 Å². The lowest BCUT2D eigenvalue weighted by Crippen LogP contribution is -2.29. The van der Waals surface area contributed by atoms with E-state index in [0.717, 1.165) is 5.56 Å². The number of carbonyl (C=O) groups excluding carboxylic acids is 1. The van der Waals surface area contributed by atoms with E-state index in [4.69, 9.17) is 10.6 Å². The van der Waals surface area contributed by atoms with E-state index in [1.54, 1.807) is 36.4 Å². The van der Waals surface area contributed by atoms with Crippen molar-refractivity contribution in [2.75, 3.05) is 0 Å². The summed E-state index contributed by atoms with van der Waals surface area (Å²) in [6.45, 7) is 0.162.